The first-order valence-corrected chi connectivity index (χ1v) is 10.9. The van der Waals surface area contributed by atoms with Gasteiger partial charge in [-0.05, 0) is 60.9 Å². The molecule has 3 heterocycles. The van der Waals surface area contributed by atoms with Gasteiger partial charge in [-0.3, -0.25) is 0 Å². The van der Waals surface area contributed by atoms with Crippen LogP contribution in [0.2, 0.25) is 0 Å². The number of aromatic nitrogens is 2. The number of hydrogen-bond acceptors (Lipinski definition) is 1. The minimum absolute atomic E-state index is 1.29. The van der Waals surface area contributed by atoms with E-state index in [2.05, 4.69) is 90.8 Å². The highest BCUT2D eigenvalue weighted by Crippen LogP contribution is 2.42. The second-order valence-electron chi connectivity index (χ2n) is 7.82. The molecule has 0 unspecified atom stereocenters. The monoisotopic (exact) mass is 381 g/mol. The van der Waals surface area contributed by atoms with Crippen LogP contribution in [0.5, 0.6) is 0 Å². The van der Waals surface area contributed by atoms with E-state index < -0.39 is 0 Å². The van der Waals surface area contributed by atoms with Gasteiger partial charge in [-0.15, -0.1) is 11.8 Å². The van der Waals surface area contributed by atoms with Crippen LogP contribution in [0.1, 0.15) is 11.1 Å². The largest absolute Gasteiger partial charge is 0.307 e. The van der Waals surface area contributed by atoms with Crippen LogP contribution in [0.4, 0.5) is 0 Å². The Morgan fingerprint density at radius 2 is 1.75 bits per heavy atom. The van der Waals surface area contributed by atoms with Crippen molar-refractivity contribution in [1.29, 1.82) is 0 Å². The second kappa shape index (κ2) is 5.39. The summed E-state index contributed by atoms with van der Waals surface area (Å²) in [4.78, 5) is 1.30. The molecule has 136 valence electrons. The Balaban J connectivity index is 2.11. The van der Waals surface area contributed by atoms with Gasteiger partial charge in [0.15, 0.2) is 6.20 Å². The van der Waals surface area contributed by atoms with Crippen LogP contribution in [-0.4, -0.2) is 10.7 Å². The molecule has 0 amide bonds. The predicted octanol–water partition coefficient (Wildman–Crippen LogP) is 6.15. The first kappa shape index (κ1) is 16.2. The second-order valence-corrected chi connectivity index (χ2v) is 8.70. The molecular weight excluding hydrogens is 360 g/mol. The fourth-order valence-corrected chi connectivity index (χ4v) is 5.37. The first-order valence-electron chi connectivity index (χ1n) is 9.64. The molecule has 0 fully saturated rings. The topological polar surface area (TPSA) is 8.29 Å². The zero-order chi connectivity index (χ0) is 19.2. The maximum absolute atomic E-state index is 2.50. The summed E-state index contributed by atoms with van der Waals surface area (Å²) < 4.78 is 4.79. The third-order valence-electron chi connectivity index (χ3n) is 6.40. The highest BCUT2D eigenvalue weighted by Gasteiger charge is 2.24. The molecule has 3 aromatic carbocycles. The molecule has 0 aliphatic carbocycles. The van der Waals surface area contributed by atoms with Crippen LogP contribution in [0.25, 0.3) is 49.0 Å². The molecule has 2 nitrogen and oxygen atoms in total. The van der Waals surface area contributed by atoms with Crippen LogP contribution < -0.4 is 4.57 Å². The Morgan fingerprint density at radius 3 is 2.57 bits per heavy atom. The van der Waals surface area contributed by atoms with Crippen molar-refractivity contribution in [2.24, 2.45) is 7.05 Å². The van der Waals surface area contributed by atoms with Gasteiger partial charge < -0.3 is 4.40 Å². The average Bonchev–Trinajstić information content (AvgIpc) is 3.03. The van der Waals surface area contributed by atoms with Gasteiger partial charge >= 0.3 is 0 Å². The summed E-state index contributed by atoms with van der Waals surface area (Å²) in [5.74, 6) is 0. The highest BCUT2D eigenvalue weighted by atomic mass is 32.2. The van der Waals surface area contributed by atoms with Gasteiger partial charge in [0.25, 0.3) is 0 Å². The fourth-order valence-electron chi connectivity index (χ4n) is 4.94. The van der Waals surface area contributed by atoms with Gasteiger partial charge in [-0.25, -0.2) is 4.57 Å². The molecule has 0 aliphatic rings. The molecule has 28 heavy (non-hydrogen) atoms. The zero-order valence-corrected chi connectivity index (χ0v) is 17.3. The summed E-state index contributed by atoms with van der Waals surface area (Å²) in [5, 5.41) is 6.72. The molecule has 3 aromatic heterocycles. The van der Waals surface area contributed by atoms with E-state index >= 15 is 0 Å². The Kier molecular flexibility index (Phi) is 3.12. The van der Waals surface area contributed by atoms with E-state index in [0.29, 0.717) is 0 Å². The van der Waals surface area contributed by atoms with Gasteiger partial charge in [-0.2, -0.15) is 0 Å². The van der Waals surface area contributed by atoms with Gasteiger partial charge in [0.05, 0.1) is 27.3 Å². The molecule has 0 spiro atoms. The van der Waals surface area contributed by atoms with E-state index in [4.69, 9.17) is 0 Å². The predicted molar refractivity (Wildman–Crippen MR) is 121 cm³/mol. The molecule has 0 aliphatic heterocycles. The molecule has 0 saturated heterocycles. The quantitative estimate of drug-likeness (QED) is 0.143. The normalized spacial score (nSPS) is 12.4. The number of aryl methyl sites for hydroxylation is 3. The van der Waals surface area contributed by atoms with Crippen LogP contribution in [-0.2, 0) is 7.05 Å². The Bertz CT molecular complexity index is 1570. The summed E-state index contributed by atoms with van der Waals surface area (Å²) in [6, 6.07) is 18.2. The summed E-state index contributed by atoms with van der Waals surface area (Å²) in [6.07, 6.45) is 4.34. The summed E-state index contributed by atoms with van der Waals surface area (Å²) in [6.45, 7) is 4.51. The maximum Gasteiger partial charge on any atom is 0.224 e. The van der Waals surface area contributed by atoms with Crippen molar-refractivity contribution in [2.75, 3.05) is 6.26 Å². The van der Waals surface area contributed by atoms with Crippen molar-refractivity contribution >= 4 is 60.8 Å². The third kappa shape index (κ3) is 1.83. The van der Waals surface area contributed by atoms with Gasteiger partial charge in [0, 0.05) is 21.7 Å². The van der Waals surface area contributed by atoms with E-state index in [1.165, 1.54) is 65.0 Å². The van der Waals surface area contributed by atoms with E-state index in [1.807, 2.05) is 0 Å². The van der Waals surface area contributed by atoms with Crippen molar-refractivity contribution in [2.45, 2.75) is 18.7 Å². The lowest BCUT2D eigenvalue weighted by Crippen LogP contribution is -2.29. The van der Waals surface area contributed by atoms with Crippen molar-refractivity contribution in [3.63, 3.8) is 0 Å². The highest BCUT2D eigenvalue weighted by molar-refractivity contribution is 7.98. The zero-order valence-electron chi connectivity index (χ0n) is 16.5. The molecule has 6 rings (SSSR count). The molecule has 0 atom stereocenters. The Labute approximate surface area is 167 Å². The molecule has 6 aromatic rings. The van der Waals surface area contributed by atoms with Crippen molar-refractivity contribution < 1.29 is 4.57 Å². The van der Waals surface area contributed by atoms with E-state index in [-0.39, 0.29) is 0 Å². The van der Waals surface area contributed by atoms with Gasteiger partial charge in [-0.1, -0.05) is 18.2 Å². The van der Waals surface area contributed by atoms with Crippen LogP contribution in [0, 0.1) is 13.8 Å². The number of pyridine rings is 2. The minimum atomic E-state index is 1.29. The average molecular weight is 382 g/mol. The number of nitrogens with zero attached hydrogens (tertiary/aromatic N) is 2. The lowest BCUT2D eigenvalue weighted by atomic mass is 9.97. The van der Waals surface area contributed by atoms with Crippen LogP contribution in [0.3, 0.4) is 0 Å². The molecule has 0 radical (unpaired) electrons. The van der Waals surface area contributed by atoms with E-state index in [0.717, 1.165) is 0 Å². The standard InChI is InChI=1S/C25H21N2S/c1-14-12-19-18-9-8-17(28-4)13-21(18)27-20-7-5-6-16-10-11-26(3)25(23(16)20)22(15(14)2)24(19)27/h5-13H,1-4H3/q+1. The van der Waals surface area contributed by atoms with Gasteiger partial charge in [0.2, 0.25) is 5.52 Å². The SMILES string of the molecule is CSc1ccc2c3cc(C)c(C)c4c3n(c2c1)c1cccc2cc[n+](C)c4c21. The van der Waals surface area contributed by atoms with Crippen molar-refractivity contribution in [3.8, 4) is 0 Å². The molecule has 0 bridgehead atoms. The molecule has 0 saturated carbocycles. The van der Waals surface area contributed by atoms with Crippen molar-refractivity contribution in [3.05, 3.63) is 65.9 Å². The summed E-state index contributed by atoms with van der Waals surface area (Å²) >= 11 is 1.80. The Hall–Kier alpha value is -2.78. The maximum atomic E-state index is 2.50. The third-order valence-corrected chi connectivity index (χ3v) is 7.12. The van der Waals surface area contributed by atoms with Crippen LogP contribution in [0.15, 0.2) is 59.6 Å². The molecule has 3 heteroatoms. The van der Waals surface area contributed by atoms with Crippen LogP contribution >= 0.6 is 11.8 Å². The number of hydrogen-bond donors (Lipinski definition) is 0. The lowest BCUT2D eigenvalue weighted by molar-refractivity contribution is -0.643. The number of fused-ring (bicyclic) bond motifs is 5. The summed E-state index contributed by atoms with van der Waals surface area (Å²) in [5.41, 5.74) is 8.00. The molecular formula is C25H21N2S+. The minimum Gasteiger partial charge on any atom is -0.307 e. The van der Waals surface area contributed by atoms with Gasteiger partial charge in [0.1, 0.15) is 7.05 Å². The lowest BCUT2D eigenvalue weighted by Gasteiger charge is -2.13. The number of rotatable bonds is 1. The number of thioether (sulfide) groups is 1. The fraction of sp³-hybridized carbons (Fsp3) is 0.160. The first-order chi connectivity index (χ1) is 13.6. The number of benzene rings is 3. The Morgan fingerprint density at radius 1 is 0.893 bits per heavy atom. The van der Waals surface area contributed by atoms with E-state index in [1.54, 1.807) is 11.8 Å². The summed E-state index contributed by atoms with van der Waals surface area (Å²) in [7, 11) is 2.17. The van der Waals surface area contributed by atoms with Crippen molar-refractivity contribution in [1.82, 2.24) is 4.40 Å². The molecule has 0 N–H and O–H groups in total. The smallest absolute Gasteiger partial charge is 0.224 e. The van der Waals surface area contributed by atoms with E-state index in [9.17, 15) is 0 Å².